The number of rotatable bonds is 4. The highest BCUT2D eigenvalue weighted by Crippen LogP contribution is 2.24. The lowest BCUT2D eigenvalue weighted by Crippen LogP contribution is -2.17. The Hall–Kier alpha value is -1.99. The number of nitrogens with two attached hydrogens (primary N) is 1. The average Bonchev–Trinajstić information content (AvgIpc) is 2.43. The van der Waals surface area contributed by atoms with Gasteiger partial charge in [-0.2, -0.15) is 0 Å². The Balaban J connectivity index is 2.50. The molecule has 0 saturated heterocycles. The maximum absolute atomic E-state index is 13.8. The number of aryl methyl sites for hydroxylation is 1. The van der Waals surface area contributed by atoms with Crippen LogP contribution in [0.4, 0.5) is 14.5 Å². The fourth-order valence-corrected chi connectivity index (χ4v) is 3.09. The van der Waals surface area contributed by atoms with Crippen molar-refractivity contribution < 1.29 is 17.2 Å². The Labute approximate surface area is 121 Å². The summed E-state index contributed by atoms with van der Waals surface area (Å²) >= 11 is 0. The van der Waals surface area contributed by atoms with Gasteiger partial charge in [-0.1, -0.05) is 18.2 Å². The molecule has 4 nitrogen and oxygen atoms in total. The molecule has 0 aliphatic rings. The molecule has 0 radical (unpaired) electrons. The number of hydrogen-bond donors (Lipinski definition) is 2. The molecule has 21 heavy (non-hydrogen) atoms. The molecule has 0 aliphatic carbocycles. The third-order valence-corrected chi connectivity index (χ3v) is 4.33. The van der Waals surface area contributed by atoms with Crippen molar-refractivity contribution in [2.75, 3.05) is 4.72 Å². The van der Waals surface area contributed by atoms with Crippen LogP contribution in [0.5, 0.6) is 0 Å². The lowest BCUT2D eigenvalue weighted by atomic mass is 10.2. The highest BCUT2D eigenvalue weighted by Gasteiger charge is 2.23. The molecule has 0 bridgehead atoms. The molecule has 0 aromatic heterocycles. The molecule has 0 amide bonds. The third-order valence-electron chi connectivity index (χ3n) is 2.97. The normalized spacial score (nSPS) is 11.4. The monoisotopic (exact) mass is 312 g/mol. The van der Waals surface area contributed by atoms with Crippen molar-refractivity contribution in [2.24, 2.45) is 5.73 Å². The molecule has 0 atom stereocenters. The number of nitrogens with one attached hydrogen (secondary N) is 1. The molecular weight excluding hydrogens is 298 g/mol. The second-order valence-electron chi connectivity index (χ2n) is 4.51. The zero-order valence-corrected chi connectivity index (χ0v) is 12.0. The second kappa shape index (κ2) is 5.79. The Kier molecular flexibility index (Phi) is 4.24. The van der Waals surface area contributed by atoms with Crippen LogP contribution in [-0.2, 0) is 16.6 Å². The maximum atomic E-state index is 13.8. The smallest absolute Gasteiger partial charge is 0.264 e. The average molecular weight is 312 g/mol. The number of para-hydroxylation sites is 1. The van der Waals surface area contributed by atoms with Gasteiger partial charge >= 0.3 is 0 Å². The molecule has 0 saturated carbocycles. The van der Waals surface area contributed by atoms with Crippen molar-refractivity contribution in [3.05, 3.63) is 59.2 Å². The zero-order valence-electron chi connectivity index (χ0n) is 11.2. The van der Waals surface area contributed by atoms with E-state index in [1.807, 2.05) is 0 Å². The predicted molar refractivity (Wildman–Crippen MR) is 76.2 cm³/mol. The van der Waals surface area contributed by atoms with Crippen molar-refractivity contribution >= 4 is 15.7 Å². The zero-order chi connectivity index (χ0) is 15.6. The highest BCUT2D eigenvalue weighted by atomic mass is 32.2. The third kappa shape index (κ3) is 3.20. The first-order valence-corrected chi connectivity index (χ1v) is 7.60. The summed E-state index contributed by atoms with van der Waals surface area (Å²) in [5.41, 5.74) is 6.51. The van der Waals surface area contributed by atoms with Crippen LogP contribution in [0.2, 0.25) is 0 Å². The van der Waals surface area contributed by atoms with Gasteiger partial charge < -0.3 is 5.73 Å². The number of hydrogen-bond acceptors (Lipinski definition) is 3. The fraction of sp³-hybridized carbons (Fsp3) is 0.143. The molecule has 0 spiro atoms. The summed E-state index contributed by atoms with van der Waals surface area (Å²) in [5.74, 6) is -2.67. The Morgan fingerprint density at radius 1 is 1.19 bits per heavy atom. The summed E-state index contributed by atoms with van der Waals surface area (Å²) in [7, 11) is -4.24. The number of halogens is 2. The molecule has 0 aliphatic heterocycles. The molecule has 0 unspecified atom stereocenters. The van der Waals surface area contributed by atoms with Crippen molar-refractivity contribution in [1.29, 1.82) is 0 Å². The summed E-state index contributed by atoms with van der Waals surface area (Å²) in [5, 5.41) is 0. The molecular formula is C14H14F2N2O2S. The lowest BCUT2D eigenvalue weighted by Gasteiger charge is -2.12. The van der Waals surface area contributed by atoms with Crippen LogP contribution < -0.4 is 10.5 Å². The summed E-state index contributed by atoms with van der Waals surface area (Å²) in [6, 6.07) is 8.51. The molecule has 3 N–H and O–H groups in total. The van der Waals surface area contributed by atoms with E-state index in [9.17, 15) is 17.2 Å². The minimum Gasteiger partial charge on any atom is -0.326 e. The molecule has 7 heteroatoms. The predicted octanol–water partition coefficient (Wildman–Crippen LogP) is 2.53. The van der Waals surface area contributed by atoms with E-state index in [2.05, 4.69) is 4.72 Å². The van der Waals surface area contributed by atoms with E-state index < -0.39 is 26.6 Å². The van der Waals surface area contributed by atoms with Gasteiger partial charge in [0.2, 0.25) is 0 Å². The second-order valence-corrected chi connectivity index (χ2v) is 6.17. The molecule has 112 valence electrons. The Morgan fingerprint density at radius 3 is 2.48 bits per heavy atom. The molecule has 2 aromatic carbocycles. The maximum Gasteiger partial charge on any atom is 0.264 e. The summed E-state index contributed by atoms with van der Waals surface area (Å²) in [4.78, 5) is -0.758. The minimum absolute atomic E-state index is 0.0932. The van der Waals surface area contributed by atoms with Crippen molar-refractivity contribution in [2.45, 2.75) is 18.4 Å². The molecule has 2 rings (SSSR count). The summed E-state index contributed by atoms with van der Waals surface area (Å²) in [6.07, 6.45) is 0. The van der Waals surface area contributed by atoms with Crippen LogP contribution >= 0.6 is 0 Å². The standard InChI is InChI=1S/C14H14F2N2O2S/c1-9-4-2-3-5-12(9)18-21(19,20)13-7-10(8-17)6-11(15)14(13)16/h2-7,18H,8,17H2,1H3. The van der Waals surface area contributed by atoms with Crippen molar-refractivity contribution in [3.8, 4) is 0 Å². The fourth-order valence-electron chi connectivity index (χ4n) is 1.82. The summed E-state index contributed by atoms with van der Waals surface area (Å²) in [6.45, 7) is 1.61. The van der Waals surface area contributed by atoms with Crippen LogP contribution in [0.3, 0.4) is 0 Å². The number of anilines is 1. The first-order chi connectivity index (χ1) is 9.85. The van der Waals surface area contributed by atoms with Gasteiger partial charge in [-0.05, 0) is 36.2 Å². The van der Waals surface area contributed by atoms with Gasteiger partial charge in [0, 0.05) is 6.54 Å². The van der Waals surface area contributed by atoms with Gasteiger partial charge in [0.15, 0.2) is 11.6 Å². The highest BCUT2D eigenvalue weighted by molar-refractivity contribution is 7.92. The van der Waals surface area contributed by atoms with Crippen LogP contribution in [0.25, 0.3) is 0 Å². The van der Waals surface area contributed by atoms with E-state index >= 15 is 0 Å². The molecule has 2 aromatic rings. The van der Waals surface area contributed by atoms with E-state index in [1.165, 1.54) is 6.07 Å². The Morgan fingerprint density at radius 2 is 1.86 bits per heavy atom. The lowest BCUT2D eigenvalue weighted by molar-refractivity contribution is 0.483. The largest absolute Gasteiger partial charge is 0.326 e. The summed E-state index contributed by atoms with van der Waals surface area (Å²) < 4.78 is 54.0. The number of sulfonamides is 1. The van der Waals surface area contributed by atoms with E-state index in [1.54, 1.807) is 25.1 Å². The SMILES string of the molecule is Cc1ccccc1NS(=O)(=O)c1cc(CN)cc(F)c1F. The topological polar surface area (TPSA) is 72.2 Å². The van der Waals surface area contributed by atoms with Crippen molar-refractivity contribution in [1.82, 2.24) is 0 Å². The van der Waals surface area contributed by atoms with E-state index in [-0.39, 0.29) is 12.1 Å². The van der Waals surface area contributed by atoms with Crippen LogP contribution in [0.15, 0.2) is 41.3 Å². The van der Waals surface area contributed by atoms with Gasteiger partial charge in [0.1, 0.15) is 4.90 Å². The quantitative estimate of drug-likeness (QED) is 0.911. The first kappa shape index (κ1) is 15.4. The van der Waals surface area contributed by atoms with Crippen molar-refractivity contribution in [3.63, 3.8) is 0 Å². The van der Waals surface area contributed by atoms with E-state index in [0.717, 1.165) is 12.1 Å². The van der Waals surface area contributed by atoms with Gasteiger partial charge in [-0.15, -0.1) is 0 Å². The molecule has 0 fully saturated rings. The van der Waals surface area contributed by atoms with Crippen LogP contribution in [-0.4, -0.2) is 8.42 Å². The first-order valence-electron chi connectivity index (χ1n) is 6.11. The van der Waals surface area contributed by atoms with Gasteiger partial charge in [-0.25, -0.2) is 17.2 Å². The van der Waals surface area contributed by atoms with E-state index in [4.69, 9.17) is 5.73 Å². The minimum atomic E-state index is -4.24. The van der Waals surface area contributed by atoms with Crippen LogP contribution in [0.1, 0.15) is 11.1 Å². The number of benzene rings is 2. The van der Waals surface area contributed by atoms with Gasteiger partial charge in [-0.3, -0.25) is 4.72 Å². The van der Waals surface area contributed by atoms with Gasteiger partial charge in [0.05, 0.1) is 5.69 Å². The van der Waals surface area contributed by atoms with Crippen LogP contribution in [0, 0.1) is 18.6 Å². The van der Waals surface area contributed by atoms with Gasteiger partial charge in [0.25, 0.3) is 10.0 Å². The molecule has 0 heterocycles. The van der Waals surface area contributed by atoms with E-state index in [0.29, 0.717) is 11.3 Å². The Bertz CT molecular complexity index is 777.